The van der Waals surface area contributed by atoms with E-state index in [4.69, 9.17) is 16.3 Å². The van der Waals surface area contributed by atoms with E-state index < -0.39 is 30.1 Å². The van der Waals surface area contributed by atoms with E-state index in [0.29, 0.717) is 12.1 Å². The predicted molar refractivity (Wildman–Crippen MR) is 94.0 cm³/mol. The van der Waals surface area contributed by atoms with Crippen LogP contribution in [0.4, 0.5) is 8.78 Å². The zero-order valence-electron chi connectivity index (χ0n) is 14.1. The highest BCUT2D eigenvalue weighted by atomic mass is 35.5. The minimum absolute atomic E-state index is 0.117. The molecule has 4 nitrogen and oxygen atoms in total. The zero-order valence-corrected chi connectivity index (χ0v) is 14.9. The highest BCUT2D eigenvalue weighted by Crippen LogP contribution is 2.20. The van der Waals surface area contributed by atoms with Crippen LogP contribution in [0.1, 0.15) is 29.3 Å². The van der Waals surface area contributed by atoms with E-state index >= 15 is 0 Å². The molecule has 0 aliphatic rings. The van der Waals surface area contributed by atoms with Gasteiger partial charge < -0.3 is 10.1 Å². The van der Waals surface area contributed by atoms with E-state index in [1.165, 1.54) is 0 Å². The number of benzene rings is 2. The number of aryl methyl sites for hydroxylation is 1. The second-order valence-corrected chi connectivity index (χ2v) is 6.22. The summed E-state index contributed by atoms with van der Waals surface area (Å²) in [5, 5.41) is 2.42. The van der Waals surface area contributed by atoms with Crippen molar-refractivity contribution in [3.8, 4) is 0 Å². The van der Waals surface area contributed by atoms with Crippen LogP contribution >= 0.6 is 11.6 Å². The van der Waals surface area contributed by atoms with Crippen LogP contribution in [0.25, 0.3) is 0 Å². The fourth-order valence-corrected chi connectivity index (χ4v) is 2.53. The fourth-order valence-electron chi connectivity index (χ4n) is 2.30. The van der Waals surface area contributed by atoms with Gasteiger partial charge in [0.2, 0.25) is 0 Å². The van der Waals surface area contributed by atoms with Gasteiger partial charge in [-0.25, -0.2) is 13.6 Å². The molecule has 0 bridgehead atoms. The third kappa shape index (κ3) is 5.81. The standard InChI is InChI=1S/C19H18ClF2NO3/c1-12(7-8-13-5-3-2-4-6-13)23-18(24)11-26-19(25)14-9-16(21)17(22)10-15(14)20/h2-6,9-10,12H,7-8,11H2,1H3,(H,23,24). The molecule has 0 aromatic heterocycles. The highest BCUT2D eigenvalue weighted by molar-refractivity contribution is 6.33. The topological polar surface area (TPSA) is 55.4 Å². The van der Waals surface area contributed by atoms with Crippen LogP contribution in [-0.4, -0.2) is 24.5 Å². The van der Waals surface area contributed by atoms with Crippen molar-refractivity contribution in [1.82, 2.24) is 5.32 Å². The lowest BCUT2D eigenvalue weighted by Crippen LogP contribution is -2.36. The summed E-state index contributed by atoms with van der Waals surface area (Å²) in [5.41, 5.74) is 0.823. The van der Waals surface area contributed by atoms with Gasteiger partial charge in [0.25, 0.3) is 5.91 Å². The summed E-state index contributed by atoms with van der Waals surface area (Å²) in [6, 6.07) is 11.0. The molecule has 0 saturated carbocycles. The molecule has 2 aromatic rings. The van der Waals surface area contributed by atoms with Gasteiger partial charge in [0.05, 0.1) is 10.6 Å². The fraction of sp³-hybridized carbons (Fsp3) is 0.263. The second-order valence-electron chi connectivity index (χ2n) is 5.82. The molecule has 0 saturated heterocycles. The van der Waals surface area contributed by atoms with Crippen molar-refractivity contribution < 1.29 is 23.1 Å². The van der Waals surface area contributed by atoms with Crippen molar-refractivity contribution in [2.75, 3.05) is 6.61 Å². The van der Waals surface area contributed by atoms with Crippen LogP contribution in [0, 0.1) is 11.6 Å². The number of halogens is 3. The van der Waals surface area contributed by atoms with Crippen LogP contribution < -0.4 is 5.32 Å². The number of carbonyl (C=O) groups is 2. The summed E-state index contributed by atoms with van der Waals surface area (Å²) in [5.74, 6) is -3.88. The lowest BCUT2D eigenvalue weighted by Gasteiger charge is -2.14. The van der Waals surface area contributed by atoms with E-state index in [1.807, 2.05) is 37.3 Å². The Balaban J connectivity index is 1.79. The maximum absolute atomic E-state index is 13.2. The number of carbonyl (C=O) groups excluding carboxylic acids is 2. The molecule has 2 aromatic carbocycles. The summed E-state index contributed by atoms with van der Waals surface area (Å²) >= 11 is 5.69. The van der Waals surface area contributed by atoms with Crippen LogP contribution in [-0.2, 0) is 16.0 Å². The first-order valence-corrected chi connectivity index (χ1v) is 8.39. The smallest absolute Gasteiger partial charge is 0.340 e. The van der Waals surface area contributed by atoms with Gasteiger partial charge >= 0.3 is 5.97 Å². The van der Waals surface area contributed by atoms with Crippen molar-refractivity contribution in [3.05, 3.63) is 70.2 Å². The first-order valence-electron chi connectivity index (χ1n) is 8.01. The number of hydrogen-bond acceptors (Lipinski definition) is 3. The molecular weight excluding hydrogens is 364 g/mol. The molecule has 1 amide bonds. The number of esters is 1. The lowest BCUT2D eigenvalue weighted by molar-refractivity contribution is -0.124. The van der Waals surface area contributed by atoms with E-state index in [9.17, 15) is 18.4 Å². The van der Waals surface area contributed by atoms with Crippen molar-refractivity contribution in [2.45, 2.75) is 25.8 Å². The first-order chi connectivity index (χ1) is 12.4. The zero-order chi connectivity index (χ0) is 19.1. The Morgan fingerprint density at radius 3 is 2.50 bits per heavy atom. The summed E-state index contributed by atoms with van der Waals surface area (Å²) in [4.78, 5) is 23.7. The van der Waals surface area contributed by atoms with E-state index in [-0.39, 0.29) is 16.6 Å². The second kappa shape index (κ2) is 9.29. The molecule has 0 spiro atoms. The van der Waals surface area contributed by atoms with Crippen molar-refractivity contribution >= 4 is 23.5 Å². The number of hydrogen-bond donors (Lipinski definition) is 1. The van der Waals surface area contributed by atoms with Crippen LogP contribution in [0.3, 0.4) is 0 Å². The summed E-state index contributed by atoms with van der Waals surface area (Å²) in [7, 11) is 0. The number of rotatable bonds is 7. The average molecular weight is 382 g/mol. The largest absolute Gasteiger partial charge is 0.452 e. The Hall–Kier alpha value is -2.47. The van der Waals surface area contributed by atoms with Gasteiger partial charge in [0.1, 0.15) is 0 Å². The van der Waals surface area contributed by atoms with Gasteiger partial charge in [-0.1, -0.05) is 41.9 Å². The number of amides is 1. The third-order valence-electron chi connectivity index (χ3n) is 3.68. The van der Waals surface area contributed by atoms with Crippen molar-refractivity contribution in [3.63, 3.8) is 0 Å². The van der Waals surface area contributed by atoms with E-state index in [1.54, 1.807) is 0 Å². The molecule has 1 atom stereocenters. The molecule has 7 heteroatoms. The first kappa shape index (κ1) is 19.8. The Kier molecular flexibility index (Phi) is 7.09. The molecule has 0 aliphatic heterocycles. The maximum atomic E-state index is 13.2. The van der Waals surface area contributed by atoms with Gasteiger partial charge in [-0.2, -0.15) is 0 Å². The molecule has 1 unspecified atom stereocenters. The molecule has 1 N–H and O–H groups in total. The van der Waals surface area contributed by atoms with Gasteiger partial charge in [-0.3, -0.25) is 4.79 Å². The van der Waals surface area contributed by atoms with E-state index in [0.717, 1.165) is 18.4 Å². The number of ether oxygens (including phenoxy) is 1. The predicted octanol–water partition coefficient (Wildman–Crippen LogP) is 3.91. The van der Waals surface area contributed by atoms with Crippen LogP contribution in [0.2, 0.25) is 5.02 Å². The van der Waals surface area contributed by atoms with Gasteiger partial charge in [-0.15, -0.1) is 0 Å². The summed E-state index contributed by atoms with van der Waals surface area (Å²) < 4.78 is 31.0. The monoisotopic (exact) mass is 381 g/mol. The Bertz CT molecular complexity index is 784. The highest BCUT2D eigenvalue weighted by Gasteiger charge is 2.18. The Labute approximate surface area is 155 Å². The van der Waals surface area contributed by atoms with Crippen LogP contribution in [0.15, 0.2) is 42.5 Å². The van der Waals surface area contributed by atoms with Gasteiger partial charge in [-0.05, 0) is 37.5 Å². The van der Waals surface area contributed by atoms with Gasteiger partial charge in [0, 0.05) is 6.04 Å². The quantitative estimate of drug-likeness (QED) is 0.584. The molecule has 0 fully saturated rings. The minimum Gasteiger partial charge on any atom is -0.452 e. The van der Waals surface area contributed by atoms with Crippen LogP contribution in [0.5, 0.6) is 0 Å². The van der Waals surface area contributed by atoms with Crippen molar-refractivity contribution in [1.29, 1.82) is 0 Å². The minimum atomic E-state index is -1.22. The molecule has 0 aliphatic carbocycles. The summed E-state index contributed by atoms with van der Waals surface area (Å²) in [6.45, 7) is 1.30. The Morgan fingerprint density at radius 2 is 1.81 bits per heavy atom. The third-order valence-corrected chi connectivity index (χ3v) is 3.99. The van der Waals surface area contributed by atoms with Crippen molar-refractivity contribution in [2.24, 2.45) is 0 Å². The molecule has 2 rings (SSSR count). The number of nitrogens with one attached hydrogen (secondary N) is 1. The normalized spacial score (nSPS) is 11.7. The lowest BCUT2D eigenvalue weighted by atomic mass is 10.1. The molecule has 0 heterocycles. The Morgan fingerprint density at radius 1 is 1.15 bits per heavy atom. The SMILES string of the molecule is CC(CCc1ccccc1)NC(=O)COC(=O)c1cc(F)c(F)cc1Cl. The maximum Gasteiger partial charge on any atom is 0.340 e. The summed E-state index contributed by atoms with van der Waals surface area (Å²) in [6.07, 6.45) is 1.52. The molecule has 26 heavy (non-hydrogen) atoms. The van der Waals surface area contributed by atoms with E-state index in [2.05, 4.69) is 5.32 Å². The van der Waals surface area contributed by atoms with Gasteiger partial charge in [0.15, 0.2) is 18.2 Å². The molecule has 138 valence electrons. The molecule has 0 radical (unpaired) electrons. The average Bonchev–Trinajstić information content (AvgIpc) is 2.62. The molecular formula is C19H18ClF2NO3.